The van der Waals surface area contributed by atoms with Crippen molar-refractivity contribution >= 4 is 23.3 Å². The molecule has 0 bridgehead atoms. The maximum Gasteiger partial charge on any atom is 0.320 e. The summed E-state index contributed by atoms with van der Waals surface area (Å²) in [6.45, 7) is 3.05. The molecule has 1 aromatic rings. The first-order valence-corrected chi connectivity index (χ1v) is 7.11. The van der Waals surface area contributed by atoms with E-state index in [4.69, 9.17) is 5.11 Å². The van der Waals surface area contributed by atoms with Gasteiger partial charge in [0.05, 0.1) is 5.41 Å². The third-order valence-corrected chi connectivity index (χ3v) is 4.32. The monoisotopic (exact) mass is 282 g/mol. The normalized spacial score (nSPS) is 22.5. The maximum absolute atomic E-state index is 12.2. The molecule has 1 aliphatic rings. The molecule has 0 saturated carbocycles. The van der Waals surface area contributed by atoms with Gasteiger partial charge in [-0.2, -0.15) is 11.3 Å². The molecule has 2 heterocycles. The molecule has 1 atom stereocenters. The van der Waals surface area contributed by atoms with Crippen molar-refractivity contribution in [2.24, 2.45) is 5.41 Å². The van der Waals surface area contributed by atoms with Crippen molar-refractivity contribution in [1.82, 2.24) is 9.80 Å². The average molecular weight is 282 g/mol. The highest BCUT2D eigenvalue weighted by molar-refractivity contribution is 7.07. The summed E-state index contributed by atoms with van der Waals surface area (Å²) < 4.78 is 0. The molecule has 1 aliphatic heterocycles. The SMILES string of the molecule is CN(Cc1ccsc1)C(=O)N1CCC(C)(C(=O)O)C1. The second-order valence-electron chi connectivity index (χ2n) is 5.31. The minimum atomic E-state index is -0.830. The highest BCUT2D eigenvalue weighted by atomic mass is 32.1. The molecule has 1 saturated heterocycles. The number of nitrogens with zero attached hydrogens (tertiary/aromatic N) is 2. The van der Waals surface area contributed by atoms with Gasteiger partial charge in [-0.1, -0.05) is 0 Å². The Morgan fingerprint density at radius 2 is 2.32 bits per heavy atom. The van der Waals surface area contributed by atoms with E-state index in [0.717, 1.165) is 5.56 Å². The zero-order chi connectivity index (χ0) is 14.0. The average Bonchev–Trinajstić information content (AvgIpc) is 2.98. The van der Waals surface area contributed by atoms with Crippen LogP contribution in [-0.2, 0) is 11.3 Å². The van der Waals surface area contributed by atoms with Crippen LogP contribution in [0.5, 0.6) is 0 Å². The molecule has 6 heteroatoms. The van der Waals surface area contributed by atoms with E-state index >= 15 is 0 Å². The summed E-state index contributed by atoms with van der Waals surface area (Å²) in [7, 11) is 1.75. The quantitative estimate of drug-likeness (QED) is 0.923. The van der Waals surface area contributed by atoms with Crippen LogP contribution in [-0.4, -0.2) is 47.0 Å². The Labute approximate surface area is 116 Å². The summed E-state index contributed by atoms with van der Waals surface area (Å²) in [4.78, 5) is 26.7. The molecule has 2 rings (SSSR count). The zero-order valence-electron chi connectivity index (χ0n) is 11.1. The molecule has 1 aromatic heterocycles. The highest BCUT2D eigenvalue weighted by Crippen LogP contribution is 2.30. The van der Waals surface area contributed by atoms with Gasteiger partial charge in [-0.25, -0.2) is 4.79 Å². The number of thiophene rings is 1. The molecule has 0 aliphatic carbocycles. The topological polar surface area (TPSA) is 60.9 Å². The summed E-state index contributed by atoms with van der Waals surface area (Å²) in [5, 5.41) is 13.2. The molecule has 0 aromatic carbocycles. The first-order valence-electron chi connectivity index (χ1n) is 6.17. The number of likely N-dealkylation sites (tertiary alicyclic amines) is 1. The van der Waals surface area contributed by atoms with E-state index in [1.165, 1.54) is 0 Å². The lowest BCUT2D eigenvalue weighted by Crippen LogP contribution is -2.41. The third-order valence-electron chi connectivity index (χ3n) is 3.59. The Bertz CT molecular complexity index is 474. The molecular formula is C13H18N2O3S. The predicted octanol–water partition coefficient (Wildman–Crippen LogP) is 2.10. The number of hydrogen-bond donors (Lipinski definition) is 1. The van der Waals surface area contributed by atoms with Crippen molar-refractivity contribution in [3.63, 3.8) is 0 Å². The second kappa shape index (κ2) is 5.21. The largest absolute Gasteiger partial charge is 0.481 e. The minimum Gasteiger partial charge on any atom is -0.481 e. The van der Waals surface area contributed by atoms with Gasteiger partial charge in [0, 0.05) is 26.7 Å². The van der Waals surface area contributed by atoms with Gasteiger partial charge < -0.3 is 14.9 Å². The van der Waals surface area contributed by atoms with E-state index in [0.29, 0.717) is 19.5 Å². The predicted molar refractivity (Wildman–Crippen MR) is 73.1 cm³/mol. The van der Waals surface area contributed by atoms with Gasteiger partial charge in [0.25, 0.3) is 0 Å². The number of carboxylic acids is 1. The van der Waals surface area contributed by atoms with Crippen LogP contribution in [0.3, 0.4) is 0 Å². The Morgan fingerprint density at radius 3 is 2.84 bits per heavy atom. The van der Waals surface area contributed by atoms with Gasteiger partial charge >= 0.3 is 12.0 Å². The van der Waals surface area contributed by atoms with Gasteiger partial charge in [-0.3, -0.25) is 4.79 Å². The number of amides is 2. The number of carboxylic acid groups (broad SMARTS) is 1. The standard InChI is InChI=1S/C13H18N2O3S/c1-13(11(16)17)4-5-15(9-13)12(18)14(2)7-10-3-6-19-8-10/h3,6,8H,4-5,7,9H2,1-2H3,(H,16,17). The lowest BCUT2D eigenvalue weighted by molar-refractivity contribution is -0.147. The molecule has 1 unspecified atom stereocenters. The molecule has 5 nitrogen and oxygen atoms in total. The van der Waals surface area contributed by atoms with Crippen molar-refractivity contribution in [3.05, 3.63) is 22.4 Å². The summed E-state index contributed by atoms with van der Waals surface area (Å²) in [5.41, 5.74) is 0.292. The molecule has 19 heavy (non-hydrogen) atoms. The molecular weight excluding hydrogens is 264 g/mol. The van der Waals surface area contributed by atoms with Crippen molar-refractivity contribution in [1.29, 1.82) is 0 Å². The van der Waals surface area contributed by atoms with Crippen LogP contribution < -0.4 is 0 Å². The van der Waals surface area contributed by atoms with Crippen molar-refractivity contribution in [2.75, 3.05) is 20.1 Å². The third kappa shape index (κ3) is 2.89. The minimum absolute atomic E-state index is 0.101. The van der Waals surface area contributed by atoms with E-state index in [-0.39, 0.29) is 12.6 Å². The molecule has 1 N–H and O–H groups in total. The first kappa shape index (κ1) is 13.9. The van der Waals surface area contributed by atoms with Gasteiger partial charge in [0.15, 0.2) is 0 Å². The summed E-state index contributed by atoms with van der Waals surface area (Å²) in [5.74, 6) is -0.830. The van der Waals surface area contributed by atoms with Crippen molar-refractivity contribution < 1.29 is 14.7 Å². The highest BCUT2D eigenvalue weighted by Gasteiger charge is 2.42. The molecule has 2 amide bonds. The number of rotatable bonds is 3. The number of urea groups is 1. The lowest BCUT2D eigenvalue weighted by Gasteiger charge is -2.25. The Morgan fingerprint density at radius 1 is 1.58 bits per heavy atom. The number of aliphatic carboxylic acids is 1. The van der Waals surface area contributed by atoms with E-state index in [9.17, 15) is 9.59 Å². The van der Waals surface area contributed by atoms with Gasteiger partial charge in [0.1, 0.15) is 0 Å². The fraction of sp³-hybridized carbons (Fsp3) is 0.538. The van der Waals surface area contributed by atoms with Crippen LogP contribution in [0.4, 0.5) is 4.79 Å². The van der Waals surface area contributed by atoms with E-state index < -0.39 is 11.4 Å². The van der Waals surface area contributed by atoms with Crippen LogP contribution in [0, 0.1) is 5.41 Å². The van der Waals surface area contributed by atoms with Crippen LogP contribution >= 0.6 is 11.3 Å². The summed E-state index contributed by atoms with van der Waals surface area (Å²) in [6.07, 6.45) is 0.514. The molecule has 0 spiro atoms. The van der Waals surface area contributed by atoms with Crippen molar-refractivity contribution in [3.8, 4) is 0 Å². The van der Waals surface area contributed by atoms with Crippen LogP contribution in [0.25, 0.3) is 0 Å². The van der Waals surface area contributed by atoms with E-state index in [1.54, 1.807) is 35.1 Å². The number of hydrogen-bond acceptors (Lipinski definition) is 3. The van der Waals surface area contributed by atoms with Crippen LogP contribution in [0.15, 0.2) is 16.8 Å². The molecule has 104 valence electrons. The summed E-state index contributed by atoms with van der Waals surface area (Å²) in [6, 6.07) is 1.89. The zero-order valence-corrected chi connectivity index (χ0v) is 11.9. The molecule has 0 radical (unpaired) electrons. The van der Waals surface area contributed by atoms with E-state index in [2.05, 4.69) is 0 Å². The fourth-order valence-corrected chi connectivity index (χ4v) is 2.92. The smallest absolute Gasteiger partial charge is 0.320 e. The first-order chi connectivity index (χ1) is 8.92. The van der Waals surface area contributed by atoms with E-state index in [1.807, 2.05) is 16.8 Å². The Hall–Kier alpha value is -1.56. The van der Waals surface area contributed by atoms with Gasteiger partial charge in [-0.15, -0.1) is 0 Å². The van der Waals surface area contributed by atoms with Crippen LogP contribution in [0.1, 0.15) is 18.9 Å². The van der Waals surface area contributed by atoms with Crippen molar-refractivity contribution in [2.45, 2.75) is 19.9 Å². The molecule has 1 fully saturated rings. The number of carbonyl (C=O) groups excluding carboxylic acids is 1. The second-order valence-corrected chi connectivity index (χ2v) is 6.09. The summed E-state index contributed by atoms with van der Waals surface area (Å²) >= 11 is 1.60. The Kier molecular flexibility index (Phi) is 3.80. The lowest BCUT2D eigenvalue weighted by atomic mass is 9.90. The van der Waals surface area contributed by atoms with Crippen LogP contribution in [0.2, 0.25) is 0 Å². The maximum atomic E-state index is 12.2. The van der Waals surface area contributed by atoms with Gasteiger partial charge in [-0.05, 0) is 35.7 Å². The van der Waals surface area contributed by atoms with Gasteiger partial charge in [0.2, 0.25) is 0 Å². The fourth-order valence-electron chi connectivity index (χ4n) is 2.26. The Balaban J connectivity index is 1.96. The number of carbonyl (C=O) groups is 2.